The van der Waals surface area contributed by atoms with Gasteiger partial charge in [0.15, 0.2) is 6.61 Å². The van der Waals surface area contributed by atoms with Crippen molar-refractivity contribution in [3.8, 4) is 5.75 Å². The fraction of sp³-hybridized carbons (Fsp3) is 0.348. The molecule has 0 unspecified atom stereocenters. The molecule has 1 aliphatic rings. The minimum absolute atomic E-state index is 0.0526. The van der Waals surface area contributed by atoms with Gasteiger partial charge < -0.3 is 14.4 Å². The van der Waals surface area contributed by atoms with Gasteiger partial charge in [-0.15, -0.1) is 0 Å². The zero-order valence-electron chi connectivity index (χ0n) is 16.5. The Morgan fingerprint density at radius 3 is 2.24 bits per heavy atom. The van der Waals surface area contributed by atoms with E-state index in [0.29, 0.717) is 24.8 Å². The Hall–Kier alpha value is -3.15. The maximum absolute atomic E-state index is 12.4. The number of hydrogen-bond donors (Lipinski definition) is 0. The number of ether oxygens (including phenoxy) is 2. The van der Waals surface area contributed by atoms with Crippen LogP contribution in [-0.2, 0) is 14.3 Å². The Morgan fingerprint density at radius 2 is 1.62 bits per heavy atom. The van der Waals surface area contributed by atoms with E-state index < -0.39 is 11.8 Å². The second-order valence-electron chi connectivity index (χ2n) is 6.93. The summed E-state index contributed by atoms with van der Waals surface area (Å²) in [6, 6.07) is 16.5. The molecule has 2 aromatic carbocycles. The molecule has 1 fully saturated rings. The smallest absolute Gasteiger partial charge is 0.379 e. The quantitative estimate of drug-likeness (QED) is 0.409. The molecule has 0 spiro atoms. The zero-order chi connectivity index (χ0) is 20.6. The number of ketones is 1. The summed E-state index contributed by atoms with van der Waals surface area (Å²) in [6.07, 6.45) is 1.89. The Kier molecular flexibility index (Phi) is 7.00. The number of piperidine rings is 1. The number of likely N-dealkylation sites (tertiary alicyclic amines) is 1. The number of carbonyl (C=O) groups excluding carboxylic acids is 3. The fourth-order valence-electron chi connectivity index (χ4n) is 3.44. The summed E-state index contributed by atoms with van der Waals surface area (Å²) < 4.78 is 10.3. The molecule has 2 aromatic rings. The largest absolute Gasteiger partial charge is 0.484 e. The van der Waals surface area contributed by atoms with E-state index in [1.807, 2.05) is 23.1 Å². The first-order valence-corrected chi connectivity index (χ1v) is 9.85. The van der Waals surface area contributed by atoms with E-state index in [0.717, 1.165) is 12.8 Å². The molecule has 152 valence electrons. The lowest BCUT2D eigenvalue weighted by molar-refractivity contribution is -0.137. The van der Waals surface area contributed by atoms with Gasteiger partial charge in [0.05, 0.1) is 6.61 Å². The summed E-state index contributed by atoms with van der Waals surface area (Å²) in [4.78, 5) is 37.6. The monoisotopic (exact) mass is 395 g/mol. The van der Waals surface area contributed by atoms with Crippen LogP contribution in [0.1, 0.15) is 41.6 Å². The van der Waals surface area contributed by atoms with Gasteiger partial charge in [0.2, 0.25) is 0 Å². The molecular weight excluding hydrogens is 370 g/mol. The van der Waals surface area contributed by atoms with Crippen LogP contribution in [-0.4, -0.2) is 48.9 Å². The van der Waals surface area contributed by atoms with Crippen molar-refractivity contribution in [3.05, 3.63) is 65.7 Å². The van der Waals surface area contributed by atoms with E-state index in [1.54, 1.807) is 19.1 Å². The van der Waals surface area contributed by atoms with Crippen molar-refractivity contribution in [2.24, 2.45) is 0 Å². The third-order valence-corrected chi connectivity index (χ3v) is 5.06. The fourth-order valence-corrected chi connectivity index (χ4v) is 3.44. The first-order chi connectivity index (χ1) is 14.1. The average molecular weight is 395 g/mol. The molecule has 6 nitrogen and oxygen atoms in total. The van der Waals surface area contributed by atoms with E-state index in [-0.39, 0.29) is 24.7 Å². The minimum atomic E-state index is -0.879. The summed E-state index contributed by atoms with van der Waals surface area (Å²) >= 11 is 0. The van der Waals surface area contributed by atoms with Crippen molar-refractivity contribution in [1.82, 2.24) is 4.90 Å². The van der Waals surface area contributed by atoms with Gasteiger partial charge >= 0.3 is 5.97 Å². The number of Topliss-reactive ketones (excluding diaryl/α,β-unsaturated/α-hetero) is 1. The van der Waals surface area contributed by atoms with Crippen LogP contribution in [0.2, 0.25) is 0 Å². The Balaban J connectivity index is 1.46. The topological polar surface area (TPSA) is 72.9 Å². The summed E-state index contributed by atoms with van der Waals surface area (Å²) in [6.45, 7) is 3.17. The number of esters is 1. The second kappa shape index (κ2) is 9.87. The molecule has 0 bridgehead atoms. The Labute approximate surface area is 170 Å². The molecule has 1 saturated heterocycles. The van der Waals surface area contributed by atoms with Crippen LogP contribution in [0.15, 0.2) is 54.6 Å². The molecule has 1 heterocycles. The molecule has 0 atom stereocenters. The third kappa shape index (κ3) is 5.44. The molecule has 6 heteroatoms. The van der Waals surface area contributed by atoms with Crippen LogP contribution in [0.25, 0.3) is 0 Å². The first kappa shape index (κ1) is 20.6. The van der Waals surface area contributed by atoms with Crippen LogP contribution in [0, 0.1) is 0 Å². The van der Waals surface area contributed by atoms with Gasteiger partial charge in [0.1, 0.15) is 5.75 Å². The van der Waals surface area contributed by atoms with E-state index in [4.69, 9.17) is 9.47 Å². The van der Waals surface area contributed by atoms with Crippen molar-refractivity contribution < 1.29 is 23.9 Å². The lowest BCUT2D eigenvalue weighted by Gasteiger charge is -2.32. The Bertz CT molecular complexity index is 839. The van der Waals surface area contributed by atoms with Gasteiger partial charge in [-0.05, 0) is 55.5 Å². The van der Waals surface area contributed by atoms with E-state index in [9.17, 15) is 14.4 Å². The van der Waals surface area contributed by atoms with Gasteiger partial charge in [-0.3, -0.25) is 9.59 Å². The van der Waals surface area contributed by atoms with Gasteiger partial charge in [0, 0.05) is 18.7 Å². The predicted molar refractivity (Wildman–Crippen MR) is 108 cm³/mol. The highest BCUT2D eigenvalue weighted by Crippen LogP contribution is 2.27. The molecule has 29 heavy (non-hydrogen) atoms. The van der Waals surface area contributed by atoms with Crippen molar-refractivity contribution in [2.45, 2.75) is 25.7 Å². The number of amides is 1. The van der Waals surface area contributed by atoms with Crippen LogP contribution < -0.4 is 4.74 Å². The SMILES string of the molecule is CCOC(=O)C(=O)c1ccc(OCC(=O)N2CCC(c3ccccc3)CC2)cc1. The van der Waals surface area contributed by atoms with Crippen LogP contribution in [0.3, 0.4) is 0 Å². The number of nitrogens with zero attached hydrogens (tertiary/aromatic N) is 1. The number of hydrogen-bond acceptors (Lipinski definition) is 5. The predicted octanol–water partition coefficient (Wildman–Crippen LogP) is 3.22. The van der Waals surface area contributed by atoms with Gasteiger partial charge in [0.25, 0.3) is 11.7 Å². The maximum atomic E-state index is 12.4. The van der Waals surface area contributed by atoms with Gasteiger partial charge in [-0.2, -0.15) is 0 Å². The maximum Gasteiger partial charge on any atom is 0.379 e. The van der Waals surface area contributed by atoms with E-state index >= 15 is 0 Å². The van der Waals surface area contributed by atoms with Crippen molar-refractivity contribution >= 4 is 17.7 Å². The summed E-state index contributed by atoms with van der Waals surface area (Å²) in [5.74, 6) is -0.669. The van der Waals surface area contributed by atoms with Crippen molar-refractivity contribution in [1.29, 1.82) is 0 Å². The normalized spacial score (nSPS) is 14.3. The Morgan fingerprint density at radius 1 is 0.966 bits per heavy atom. The number of carbonyl (C=O) groups is 3. The third-order valence-electron chi connectivity index (χ3n) is 5.06. The van der Waals surface area contributed by atoms with Crippen molar-refractivity contribution in [2.75, 3.05) is 26.3 Å². The van der Waals surface area contributed by atoms with Crippen molar-refractivity contribution in [3.63, 3.8) is 0 Å². The first-order valence-electron chi connectivity index (χ1n) is 9.85. The standard InChI is InChI=1S/C23H25NO5/c1-2-28-23(27)22(26)19-8-10-20(11-9-19)29-16-21(25)24-14-12-18(13-15-24)17-6-4-3-5-7-17/h3-11,18H,2,12-16H2,1H3. The molecule has 3 rings (SSSR count). The molecule has 1 amide bonds. The van der Waals surface area contributed by atoms with Crippen LogP contribution >= 0.6 is 0 Å². The highest BCUT2D eigenvalue weighted by atomic mass is 16.5. The number of benzene rings is 2. The van der Waals surface area contributed by atoms with Crippen LogP contribution in [0.4, 0.5) is 0 Å². The van der Waals surface area contributed by atoms with E-state index in [2.05, 4.69) is 12.1 Å². The average Bonchev–Trinajstić information content (AvgIpc) is 2.78. The second-order valence-corrected chi connectivity index (χ2v) is 6.93. The molecule has 0 aromatic heterocycles. The van der Waals surface area contributed by atoms with Crippen LogP contribution in [0.5, 0.6) is 5.75 Å². The minimum Gasteiger partial charge on any atom is -0.484 e. The van der Waals surface area contributed by atoms with Gasteiger partial charge in [-0.25, -0.2) is 4.79 Å². The summed E-state index contributed by atoms with van der Waals surface area (Å²) in [7, 11) is 0. The molecule has 0 radical (unpaired) electrons. The summed E-state index contributed by atoms with van der Waals surface area (Å²) in [5.41, 5.74) is 1.55. The molecule has 1 aliphatic heterocycles. The molecule has 0 saturated carbocycles. The highest BCUT2D eigenvalue weighted by molar-refractivity contribution is 6.40. The number of rotatable bonds is 7. The lowest BCUT2D eigenvalue weighted by Crippen LogP contribution is -2.40. The molecule has 0 N–H and O–H groups in total. The molecular formula is C23H25NO5. The molecule has 0 aliphatic carbocycles. The van der Waals surface area contributed by atoms with E-state index in [1.165, 1.54) is 17.7 Å². The van der Waals surface area contributed by atoms with Gasteiger partial charge in [-0.1, -0.05) is 30.3 Å². The highest BCUT2D eigenvalue weighted by Gasteiger charge is 2.24. The summed E-state index contributed by atoms with van der Waals surface area (Å²) in [5, 5.41) is 0. The lowest BCUT2D eigenvalue weighted by atomic mass is 9.89. The zero-order valence-corrected chi connectivity index (χ0v) is 16.5.